The summed E-state index contributed by atoms with van der Waals surface area (Å²) < 4.78 is 4.72. The van der Waals surface area contributed by atoms with E-state index >= 15 is 0 Å². The predicted octanol–water partition coefficient (Wildman–Crippen LogP) is 1.69. The zero-order chi connectivity index (χ0) is 7.56. The highest BCUT2D eigenvalue weighted by Gasteiger charge is 2.32. The van der Waals surface area contributed by atoms with Crippen molar-refractivity contribution in [3.05, 3.63) is 11.8 Å². The first kappa shape index (κ1) is 7.61. The number of alkyl halides is 1. The molecule has 1 aliphatic rings. The highest BCUT2D eigenvalue weighted by Crippen LogP contribution is 2.25. The molecule has 1 saturated heterocycles. The highest BCUT2D eigenvalue weighted by atomic mass is 35.5. The van der Waals surface area contributed by atoms with Crippen LogP contribution in [0.25, 0.3) is 0 Å². The van der Waals surface area contributed by atoms with Crippen LogP contribution in [0.3, 0.4) is 0 Å². The third-order valence-corrected chi connectivity index (χ3v) is 1.67. The monoisotopic (exact) mass is 160 g/mol. The molecule has 10 heavy (non-hydrogen) atoms. The smallest absolute Gasteiger partial charge is 0.321 e. The maximum Gasteiger partial charge on any atom is 0.321 e. The molecular formula is C7H9ClO2. The summed E-state index contributed by atoms with van der Waals surface area (Å²) in [4.78, 5) is 10.5. The molecule has 56 valence electrons. The van der Waals surface area contributed by atoms with E-state index in [0.29, 0.717) is 5.88 Å². The van der Waals surface area contributed by atoms with Crippen LogP contribution in [0, 0.1) is 5.92 Å². The lowest BCUT2D eigenvalue weighted by molar-refractivity contribution is -0.155. The first-order valence-corrected chi connectivity index (χ1v) is 3.77. The van der Waals surface area contributed by atoms with Crippen LogP contribution >= 0.6 is 11.6 Å². The molecule has 0 amide bonds. The van der Waals surface area contributed by atoms with Gasteiger partial charge in [-0.3, -0.25) is 4.79 Å². The summed E-state index contributed by atoms with van der Waals surface area (Å²) in [5.74, 6) is 1.17. The van der Waals surface area contributed by atoms with E-state index in [1.807, 2.05) is 13.0 Å². The quantitative estimate of drug-likeness (QED) is 0.454. The molecule has 0 bridgehead atoms. The minimum atomic E-state index is -0.138. The second-order valence-corrected chi connectivity index (χ2v) is 2.60. The van der Waals surface area contributed by atoms with Crippen molar-refractivity contribution in [3.63, 3.8) is 0 Å². The van der Waals surface area contributed by atoms with E-state index in [1.165, 1.54) is 0 Å². The Bertz CT molecular complexity index is 174. The van der Waals surface area contributed by atoms with Gasteiger partial charge in [-0.15, -0.1) is 11.6 Å². The van der Waals surface area contributed by atoms with Crippen LogP contribution in [-0.2, 0) is 9.53 Å². The average Bonchev–Trinajstić information content (AvgIpc) is 1.97. The Balaban J connectivity index is 2.38. The molecule has 1 fully saturated rings. The van der Waals surface area contributed by atoms with Crippen LogP contribution < -0.4 is 0 Å². The van der Waals surface area contributed by atoms with E-state index in [-0.39, 0.29) is 11.9 Å². The van der Waals surface area contributed by atoms with Gasteiger partial charge in [-0.1, -0.05) is 0 Å². The molecule has 0 aromatic heterocycles. The molecule has 1 atom stereocenters. The van der Waals surface area contributed by atoms with E-state index in [0.717, 1.165) is 12.2 Å². The van der Waals surface area contributed by atoms with Crippen molar-refractivity contribution in [2.24, 2.45) is 5.92 Å². The second kappa shape index (κ2) is 3.06. The largest absolute Gasteiger partial charge is 0.430 e. The number of rotatable bonds is 2. The molecule has 0 saturated carbocycles. The van der Waals surface area contributed by atoms with E-state index in [4.69, 9.17) is 16.3 Å². The minimum absolute atomic E-state index is 0.0387. The molecule has 0 radical (unpaired) electrons. The number of carbonyl (C=O) groups excluding carboxylic acids is 1. The Labute approximate surface area is 64.8 Å². The number of ether oxygens (including phenoxy) is 1. The van der Waals surface area contributed by atoms with E-state index in [1.54, 1.807) is 0 Å². The van der Waals surface area contributed by atoms with Gasteiger partial charge in [0.05, 0.1) is 0 Å². The first-order valence-electron chi connectivity index (χ1n) is 3.23. The molecule has 1 heterocycles. The lowest BCUT2D eigenvalue weighted by Crippen LogP contribution is -2.29. The summed E-state index contributed by atoms with van der Waals surface area (Å²) in [6.07, 6.45) is 2.63. The number of hydrogen-bond acceptors (Lipinski definition) is 2. The number of cyclic esters (lactones) is 1. The van der Waals surface area contributed by atoms with Crippen molar-refractivity contribution in [2.45, 2.75) is 13.3 Å². The summed E-state index contributed by atoms with van der Waals surface area (Å²) in [5.41, 5.74) is 0. The zero-order valence-electron chi connectivity index (χ0n) is 5.76. The molecule has 3 heteroatoms. The lowest BCUT2D eigenvalue weighted by atomic mass is 10.0. The second-order valence-electron chi connectivity index (χ2n) is 2.23. The van der Waals surface area contributed by atoms with Crippen LogP contribution in [0.1, 0.15) is 13.3 Å². The molecule has 2 nitrogen and oxygen atoms in total. The number of carbonyl (C=O) groups is 1. The van der Waals surface area contributed by atoms with Gasteiger partial charge in [0.25, 0.3) is 0 Å². The van der Waals surface area contributed by atoms with E-state index in [2.05, 4.69) is 0 Å². The Kier molecular flexibility index (Phi) is 2.33. The molecule has 0 aliphatic carbocycles. The molecule has 1 aliphatic heterocycles. The normalized spacial score (nSPS) is 28.0. The van der Waals surface area contributed by atoms with Gasteiger partial charge in [0.1, 0.15) is 11.7 Å². The van der Waals surface area contributed by atoms with Gasteiger partial charge in [0.2, 0.25) is 0 Å². The van der Waals surface area contributed by atoms with Gasteiger partial charge >= 0.3 is 5.97 Å². The lowest BCUT2D eigenvalue weighted by Gasteiger charge is -2.23. The SMILES string of the molecule is CC1C(=O)O/C1=C\CCCl. The number of allylic oxidation sites excluding steroid dienone is 1. The number of halogens is 1. The number of hydrogen-bond donors (Lipinski definition) is 0. The van der Waals surface area contributed by atoms with Crippen molar-refractivity contribution in [1.29, 1.82) is 0 Å². The molecule has 0 aromatic carbocycles. The van der Waals surface area contributed by atoms with Crippen molar-refractivity contribution in [1.82, 2.24) is 0 Å². The minimum Gasteiger partial charge on any atom is -0.430 e. The highest BCUT2D eigenvalue weighted by molar-refractivity contribution is 6.17. The zero-order valence-corrected chi connectivity index (χ0v) is 6.52. The maximum atomic E-state index is 10.5. The van der Waals surface area contributed by atoms with Crippen LogP contribution in [0.5, 0.6) is 0 Å². The fourth-order valence-electron chi connectivity index (χ4n) is 0.766. The summed E-state index contributed by atoms with van der Waals surface area (Å²) >= 11 is 5.43. The number of esters is 1. The van der Waals surface area contributed by atoms with Gasteiger partial charge in [0, 0.05) is 5.88 Å². The van der Waals surface area contributed by atoms with Crippen LogP contribution in [0.4, 0.5) is 0 Å². The molecule has 1 unspecified atom stereocenters. The Morgan fingerprint density at radius 2 is 2.50 bits per heavy atom. The fourth-order valence-corrected chi connectivity index (χ4v) is 0.875. The summed E-state index contributed by atoms with van der Waals surface area (Å²) in [5, 5.41) is 0. The molecule has 0 aromatic rings. The average molecular weight is 161 g/mol. The molecule has 0 N–H and O–H groups in total. The van der Waals surface area contributed by atoms with Gasteiger partial charge in [-0.2, -0.15) is 0 Å². The topological polar surface area (TPSA) is 26.3 Å². The van der Waals surface area contributed by atoms with Gasteiger partial charge in [0.15, 0.2) is 0 Å². The first-order chi connectivity index (χ1) is 4.75. The Hall–Kier alpha value is -0.500. The molecule has 0 spiro atoms. The van der Waals surface area contributed by atoms with Gasteiger partial charge < -0.3 is 4.74 Å². The Morgan fingerprint density at radius 3 is 2.90 bits per heavy atom. The van der Waals surface area contributed by atoms with Crippen molar-refractivity contribution < 1.29 is 9.53 Å². The third-order valence-electron chi connectivity index (χ3n) is 1.45. The van der Waals surface area contributed by atoms with E-state index in [9.17, 15) is 4.79 Å². The Morgan fingerprint density at radius 1 is 1.80 bits per heavy atom. The molecule has 1 rings (SSSR count). The van der Waals surface area contributed by atoms with Gasteiger partial charge in [-0.05, 0) is 19.4 Å². The van der Waals surface area contributed by atoms with Gasteiger partial charge in [-0.25, -0.2) is 0 Å². The predicted molar refractivity (Wildman–Crippen MR) is 38.7 cm³/mol. The maximum absolute atomic E-state index is 10.5. The summed E-state index contributed by atoms with van der Waals surface area (Å²) in [7, 11) is 0. The fraction of sp³-hybridized carbons (Fsp3) is 0.571. The van der Waals surface area contributed by atoms with Crippen LogP contribution in [0.2, 0.25) is 0 Å². The van der Waals surface area contributed by atoms with Crippen LogP contribution in [0.15, 0.2) is 11.8 Å². The molecular weight excluding hydrogens is 152 g/mol. The van der Waals surface area contributed by atoms with Crippen molar-refractivity contribution in [3.8, 4) is 0 Å². The van der Waals surface area contributed by atoms with Crippen molar-refractivity contribution >= 4 is 17.6 Å². The third kappa shape index (κ3) is 1.32. The van der Waals surface area contributed by atoms with E-state index < -0.39 is 0 Å². The summed E-state index contributed by atoms with van der Waals surface area (Å²) in [6, 6.07) is 0. The summed E-state index contributed by atoms with van der Waals surface area (Å²) in [6.45, 7) is 1.83. The standard InChI is InChI=1S/C7H9ClO2/c1-5-6(3-2-4-8)10-7(5)9/h3,5H,2,4H2,1H3/b6-3-. The van der Waals surface area contributed by atoms with Crippen molar-refractivity contribution in [2.75, 3.05) is 5.88 Å². The van der Waals surface area contributed by atoms with Crippen LogP contribution in [-0.4, -0.2) is 11.8 Å².